The zero-order valence-electron chi connectivity index (χ0n) is 7.61. The lowest BCUT2D eigenvalue weighted by atomic mass is 10.1. The number of carboxylic acids is 1. The van der Waals surface area contributed by atoms with Gasteiger partial charge in [0, 0.05) is 10.5 Å². The van der Waals surface area contributed by atoms with Gasteiger partial charge in [-0.1, -0.05) is 15.9 Å². The summed E-state index contributed by atoms with van der Waals surface area (Å²) in [5.41, 5.74) is 6.04. The lowest BCUT2D eigenvalue weighted by molar-refractivity contribution is -0.137. The molecule has 0 spiro atoms. The lowest BCUT2D eigenvalue weighted by Gasteiger charge is -2.09. The molecule has 15 heavy (non-hydrogen) atoms. The van der Waals surface area contributed by atoms with Crippen LogP contribution in [0.4, 0.5) is 4.39 Å². The van der Waals surface area contributed by atoms with Crippen molar-refractivity contribution < 1.29 is 14.3 Å². The van der Waals surface area contributed by atoms with Gasteiger partial charge in [-0.15, -0.1) is 12.4 Å². The Labute approximate surface area is 101 Å². The molecule has 0 aromatic heterocycles. The maximum absolute atomic E-state index is 12.9. The summed E-state index contributed by atoms with van der Waals surface area (Å²) in [4.78, 5) is 10.4. The van der Waals surface area contributed by atoms with Gasteiger partial charge in [0.25, 0.3) is 0 Å². The highest BCUT2D eigenvalue weighted by atomic mass is 79.9. The van der Waals surface area contributed by atoms with Crippen molar-refractivity contribution >= 4 is 34.3 Å². The van der Waals surface area contributed by atoms with Crippen molar-refractivity contribution in [2.45, 2.75) is 12.5 Å². The van der Waals surface area contributed by atoms with Crippen LogP contribution in [0.5, 0.6) is 0 Å². The Morgan fingerprint density at radius 2 is 2.13 bits per heavy atom. The molecule has 0 radical (unpaired) electrons. The van der Waals surface area contributed by atoms with Crippen LogP contribution in [0.3, 0.4) is 0 Å². The van der Waals surface area contributed by atoms with Crippen LogP contribution >= 0.6 is 28.3 Å². The van der Waals surface area contributed by atoms with Crippen LogP contribution in [0.25, 0.3) is 0 Å². The molecule has 0 amide bonds. The summed E-state index contributed by atoms with van der Waals surface area (Å²) in [6.07, 6.45) is -0.212. The second-order valence-electron chi connectivity index (χ2n) is 2.91. The number of hydrogen-bond acceptors (Lipinski definition) is 2. The first-order valence-electron chi connectivity index (χ1n) is 3.92. The first-order chi connectivity index (χ1) is 6.49. The quantitative estimate of drug-likeness (QED) is 0.901. The first-order valence-corrected chi connectivity index (χ1v) is 4.71. The van der Waals surface area contributed by atoms with E-state index >= 15 is 0 Å². The van der Waals surface area contributed by atoms with Gasteiger partial charge in [0.15, 0.2) is 0 Å². The number of nitrogens with two attached hydrogens (primary N) is 1. The molecule has 0 aliphatic carbocycles. The van der Waals surface area contributed by atoms with Crippen molar-refractivity contribution in [3.63, 3.8) is 0 Å². The fourth-order valence-corrected chi connectivity index (χ4v) is 1.58. The van der Waals surface area contributed by atoms with Crippen LogP contribution in [0.1, 0.15) is 18.0 Å². The van der Waals surface area contributed by atoms with Crippen molar-refractivity contribution in [1.82, 2.24) is 0 Å². The molecule has 1 atom stereocenters. The summed E-state index contributed by atoms with van der Waals surface area (Å²) < 4.78 is 13.4. The monoisotopic (exact) mass is 297 g/mol. The summed E-state index contributed by atoms with van der Waals surface area (Å²) in [7, 11) is 0. The summed E-state index contributed by atoms with van der Waals surface area (Å²) >= 11 is 3.10. The van der Waals surface area contributed by atoms with E-state index in [2.05, 4.69) is 15.9 Å². The number of rotatable bonds is 3. The van der Waals surface area contributed by atoms with Crippen molar-refractivity contribution in [2.24, 2.45) is 5.73 Å². The van der Waals surface area contributed by atoms with Crippen LogP contribution in [0, 0.1) is 5.82 Å². The highest BCUT2D eigenvalue weighted by Crippen LogP contribution is 2.20. The maximum Gasteiger partial charge on any atom is 0.305 e. The van der Waals surface area contributed by atoms with Crippen LogP contribution in [-0.4, -0.2) is 11.1 Å². The summed E-state index contributed by atoms with van der Waals surface area (Å²) in [5, 5.41) is 8.50. The highest BCUT2D eigenvalue weighted by molar-refractivity contribution is 9.10. The van der Waals surface area contributed by atoms with Gasteiger partial charge in [-0.2, -0.15) is 0 Å². The molecule has 0 saturated carbocycles. The number of carbonyl (C=O) groups is 1. The molecule has 3 N–H and O–H groups in total. The Kier molecular flexibility index (Phi) is 5.79. The minimum Gasteiger partial charge on any atom is -0.481 e. The smallest absolute Gasteiger partial charge is 0.305 e. The average molecular weight is 299 g/mol. The second kappa shape index (κ2) is 6.05. The molecule has 1 rings (SSSR count). The molecule has 6 heteroatoms. The Balaban J connectivity index is 0.00000196. The van der Waals surface area contributed by atoms with E-state index in [4.69, 9.17) is 10.8 Å². The molecule has 0 aliphatic rings. The van der Waals surface area contributed by atoms with E-state index in [1.165, 1.54) is 12.1 Å². The van der Waals surface area contributed by atoms with Crippen molar-refractivity contribution in [3.8, 4) is 0 Å². The molecule has 0 fully saturated rings. The van der Waals surface area contributed by atoms with E-state index in [0.29, 0.717) is 10.0 Å². The molecule has 84 valence electrons. The third-order valence-corrected chi connectivity index (χ3v) is 2.17. The Morgan fingerprint density at radius 3 is 2.60 bits per heavy atom. The number of benzene rings is 1. The molecule has 1 aromatic rings. The number of halogens is 3. The number of carboxylic acid groups (broad SMARTS) is 1. The standard InChI is InChI=1S/C9H9BrFNO2.ClH/c10-6-1-5(2-7(11)3-6)8(12)4-9(13)14;/h1-3,8H,4,12H2,(H,13,14);1H/t8-;/m1./s1. The fraction of sp³-hybridized carbons (Fsp3) is 0.222. The van der Waals surface area contributed by atoms with Gasteiger partial charge in [0.1, 0.15) is 5.82 Å². The first kappa shape index (κ1) is 14.3. The fourth-order valence-electron chi connectivity index (χ4n) is 1.10. The van der Waals surface area contributed by atoms with Crippen molar-refractivity contribution in [2.75, 3.05) is 0 Å². The predicted molar refractivity (Wildman–Crippen MR) is 60.5 cm³/mol. The molecule has 0 unspecified atom stereocenters. The molecule has 3 nitrogen and oxygen atoms in total. The molecule has 0 heterocycles. The van der Waals surface area contributed by atoms with Crippen molar-refractivity contribution in [3.05, 3.63) is 34.1 Å². The summed E-state index contributed by atoms with van der Waals surface area (Å²) in [6, 6.07) is 3.45. The minimum absolute atomic E-state index is 0. The second-order valence-corrected chi connectivity index (χ2v) is 3.82. The number of aliphatic carboxylic acids is 1. The van der Waals surface area contributed by atoms with E-state index < -0.39 is 17.8 Å². The zero-order valence-corrected chi connectivity index (χ0v) is 10.0. The maximum atomic E-state index is 12.9. The molecule has 1 aromatic carbocycles. The molecular weight excluding hydrogens is 288 g/mol. The van der Waals surface area contributed by atoms with Crippen LogP contribution in [0.15, 0.2) is 22.7 Å². The van der Waals surface area contributed by atoms with E-state index in [9.17, 15) is 9.18 Å². The van der Waals surface area contributed by atoms with Gasteiger partial charge < -0.3 is 10.8 Å². The summed E-state index contributed by atoms with van der Waals surface area (Å²) in [5.74, 6) is -1.44. The van der Waals surface area contributed by atoms with Crippen molar-refractivity contribution in [1.29, 1.82) is 0 Å². The van der Waals surface area contributed by atoms with E-state index in [1.807, 2.05) is 0 Å². The van der Waals surface area contributed by atoms with Gasteiger partial charge >= 0.3 is 5.97 Å². The zero-order chi connectivity index (χ0) is 10.7. The average Bonchev–Trinajstić information content (AvgIpc) is 2.00. The van der Waals surface area contributed by atoms with Gasteiger partial charge in [0.2, 0.25) is 0 Å². The van der Waals surface area contributed by atoms with Crippen LogP contribution < -0.4 is 5.73 Å². The Morgan fingerprint density at radius 1 is 1.53 bits per heavy atom. The largest absolute Gasteiger partial charge is 0.481 e. The molecule has 0 aliphatic heterocycles. The van der Waals surface area contributed by atoms with E-state index in [-0.39, 0.29) is 18.8 Å². The lowest BCUT2D eigenvalue weighted by Crippen LogP contribution is -2.15. The highest BCUT2D eigenvalue weighted by Gasteiger charge is 2.11. The van der Waals surface area contributed by atoms with Crippen LogP contribution in [-0.2, 0) is 4.79 Å². The SMILES string of the molecule is Cl.N[C@H](CC(=O)O)c1cc(F)cc(Br)c1. The van der Waals surface area contributed by atoms with Gasteiger partial charge in [0.05, 0.1) is 6.42 Å². The minimum atomic E-state index is -1.00. The third kappa shape index (κ3) is 4.59. The molecular formula is C9H10BrClFNO2. The van der Waals surface area contributed by atoms with Crippen LogP contribution in [0.2, 0.25) is 0 Å². The normalized spacial score (nSPS) is 11.7. The van der Waals surface area contributed by atoms with E-state index in [1.54, 1.807) is 6.07 Å². The molecule has 0 saturated heterocycles. The topological polar surface area (TPSA) is 63.3 Å². The third-order valence-electron chi connectivity index (χ3n) is 1.71. The van der Waals surface area contributed by atoms with E-state index in [0.717, 1.165) is 0 Å². The predicted octanol–water partition coefficient (Wildman–Crippen LogP) is 2.48. The van der Waals surface area contributed by atoms with Gasteiger partial charge in [-0.25, -0.2) is 4.39 Å². The Hall–Kier alpha value is -0.650. The summed E-state index contributed by atoms with van der Waals surface area (Å²) in [6.45, 7) is 0. The molecule has 0 bridgehead atoms. The number of hydrogen-bond donors (Lipinski definition) is 2. The van der Waals surface area contributed by atoms with Gasteiger partial charge in [-0.3, -0.25) is 4.79 Å². The Bertz CT molecular complexity index is 342. The van der Waals surface area contributed by atoms with Gasteiger partial charge in [-0.05, 0) is 23.8 Å².